The molecule has 3 heteroatoms. The Morgan fingerprint density at radius 2 is 1.90 bits per heavy atom. The van der Waals surface area contributed by atoms with Crippen LogP contribution in [0, 0.1) is 0 Å². The van der Waals surface area contributed by atoms with Crippen molar-refractivity contribution in [2.75, 3.05) is 11.9 Å². The second kappa shape index (κ2) is 7.94. The van der Waals surface area contributed by atoms with Gasteiger partial charge in [-0.15, -0.1) is 0 Å². The minimum absolute atomic E-state index is 0.241. The Labute approximate surface area is 132 Å². The molecule has 21 heavy (non-hydrogen) atoms. The molecule has 0 aromatic heterocycles. The van der Waals surface area contributed by atoms with Crippen molar-refractivity contribution in [2.24, 2.45) is 0 Å². The molecule has 1 N–H and O–H groups in total. The average molecular weight is 304 g/mol. The van der Waals surface area contributed by atoms with Crippen molar-refractivity contribution in [2.45, 2.75) is 32.7 Å². The van der Waals surface area contributed by atoms with Crippen LogP contribution in [0.25, 0.3) is 0 Å². The van der Waals surface area contributed by atoms with Gasteiger partial charge in [0.2, 0.25) is 0 Å². The molecule has 0 spiro atoms. The molecule has 0 aliphatic carbocycles. The molecule has 1 unspecified atom stereocenters. The Kier molecular flexibility index (Phi) is 5.94. The SMILES string of the molecule is CCCOc1cccc(NC(CC)c2cccc(Cl)c2)c1. The van der Waals surface area contributed by atoms with Crippen molar-refractivity contribution in [1.29, 1.82) is 0 Å². The molecule has 0 amide bonds. The molecule has 2 aromatic rings. The van der Waals surface area contributed by atoms with Crippen LogP contribution >= 0.6 is 11.6 Å². The zero-order valence-electron chi connectivity index (χ0n) is 12.6. The summed E-state index contributed by atoms with van der Waals surface area (Å²) in [5.41, 5.74) is 2.26. The Morgan fingerprint density at radius 3 is 2.62 bits per heavy atom. The van der Waals surface area contributed by atoms with Gasteiger partial charge in [-0.05, 0) is 42.7 Å². The van der Waals surface area contributed by atoms with Gasteiger partial charge in [0.15, 0.2) is 0 Å². The standard InChI is InChI=1S/C18H22ClNO/c1-3-11-21-17-10-6-9-16(13-17)20-18(4-2)14-7-5-8-15(19)12-14/h5-10,12-13,18,20H,3-4,11H2,1-2H3. The van der Waals surface area contributed by atoms with Crippen molar-refractivity contribution in [3.63, 3.8) is 0 Å². The number of anilines is 1. The summed E-state index contributed by atoms with van der Waals surface area (Å²) in [5, 5.41) is 4.32. The van der Waals surface area contributed by atoms with E-state index in [4.69, 9.17) is 16.3 Å². The molecule has 1 atom stereocenters. The summed E-state index contributed by atoms with van der Waals surface area (Å²) in [5.74, 6) is 0.905. The molecule has 2 aromatic carbocycles. The minimum atomic E-state index is 0.241. The molecule has 0 fully saturated rings. The molecule has 0 saturated heterocycles. The minimum Gasteiger partial charge on any atom is -0.494 e. The molecule has 0 aliphatic rings. The van der Waals surface area contributed by atoms with E-state index in [1.54, 1.807) is 0 Å². The quantitative estimate of drug-likeness (QED) is 0.709. The van der Waals surface area contributed by atoms with Crippen molar-refractivity contribution in [3.05, 3.63) is 59.1 Å². The smallest absolute Gasteiger partial charge is 0.121 e. The van der Waals surface area contributed by atoms with Crippen LogP contribution in [0.3, 0.4) is 0 Å². The molecule has 0 radical (unpaired) electrons. The second-order valence-electron chi connectivity index (χ2n) is 5.04. The molecule has 0 aliphatic heterocycles. The van der Waals surface area contributed by atoms with Crippen LogP contribution in [0.4, 0.5) is 5.69 Å². The summed E-state index contributed by atoms with van der Waals surface area (Å²) in [6.07, 6.45) is 2.00. The van der Waals surface area contributed by atoms with Gasteiger partial charge in [-0.2, -0.15) is 0 Å². The van der Waals surface area contributed by atoms with Crippen LogP contribution in [-0.2, 0) is 0 Å². The number of rotatable bonds is 7. The number of ether oxygens (including phenoxy) is 1. The molecule has 0 heterocycles. The Balaban J connectivity index is 2.11. The van der Waals surface area contributed by atoms with Crippen LogP contribution in [0.5, 0.6) is 5.75 Å². The van der Waals surface area contributed by atoms with Gasteiger partial charge in [-0.1, -0.05) is 43.6 Å². The van der Waals surface area contributed by atoms with Crippen LogP contribution in [0.1, 0.15) is 38.3 Å². The fraction of sp³-hybridized carbons (Fsp3) is 0.333. The van der Waals surface area contributed by atoms with Gasteiger partial charge >= 0.3 is 0 Å². The van der Waals surface area contributed by atoms with Crippen molar-refractivity contribution < 1.29 is 4.74 Å². The normalized spacial score (nSPS) is 12.0. The van der Waals surface area contributed by atoms with E-state index in [9.17, 15) is 0 Å². The molecular formula is C18H22ClNO. The molecule has 112 valence electrons. The first-order chi connectivity index (χ1) is 10.2. The maximum atomic E-state index is 6.08. The number of hydrogen-bond donors (Lipinski definition) is 1. The van der Waals surface area contributed by atoms with E-state index < -0.39 is 0 Å². The zero-order valence-corrected chi connectivity index (χ0v) is 13.4. The van der Waals surface area contributed by atoms with Gasteiger partial charge < -0.3 is 10.1 Å². The largest absolute Gasteiger partial charge is 0.494 e. The van der Waals surface area contributed by atoms with E-state index in [0.717, 1.165) is 35.9 Å². The van der Waals surface area contributed by atoms with E-state index in [1.165, 1.54) is 5.56 Å². The summed E-state index contributed by atoms with van der Waals surface area (Å²) in [6.45, 7) is 5.01. The average Bonchev–Trinajstić information content (AvgIpc) is 2.51. The number of nitrogens with one attached hydrogen (secondary N) is 1. The maximum absolute atomic E-state index is 6.08. The highest BCUT2D eigenvalue weighted by Crippen LogP contribution is 2.26. The predicted molar refractivity (Wildman–Crippen MR) is 90.3 cm³/mol. The van der Waals surface area contributed by atoms with Gasteiger partial charge in [0.25, 0.3) is 0 Å². The summed E-state index contributed by atoms with van der Waals surface area (Å²) >= 11 is 6.08. The van der Waals surface area contributed by atoms with Crippen molar-refractivity contribution >= 4 is 17.3 Å². The highest BCUT2D eigenvalue weighted by molar-refractivity contribution is 6.30. The van der Waals surface area contributed by atoms with Gasteiger partial charge in [0.05, 0.1) is 12.6 Å². The Bertz CT molecular complexity index is 571. The molecule has 0 saturated carbocycles. The lowest BCUT2D eigenvalue weighted by Gasteiger charge is -2.19. The zero-order chi connectivity index (χ0) is 15.1. The third kappa shape index (κ3) is 4.68. The lowest BCUT2D eigenvalue weighted by Crippen LogP contribution is -2.09. The highest BCUT2D eigenvalue weighted by Gasteiger charge is 2.09. The van der Waals surface area contributed by atoms with E-state index in [2.05, 4.69) is 31.3 Å². The first-order valence-corrected chi connectivity index (χ1v) is 7.85. The summed E-state index contributed by atoms with van der Waals surface area (Å²) in [4.78, 5) is 0. The summed E-state index contributed by atoms with van der Waals surface area (Å²) in [6, 6.07) is 16.4. The van der Waals surface area contributed by atoms with Gasteiger partial charge in [-0.3, -0.25) is 0 Å². The van der Waals surface area contributed by atoms with Gasteiger partial charge in [0.1, 0.15) is 5.75 Å². The van der Waals surface area contributed by atoms with Crippen LogP contribution < -0.4 is 10.1 Å². The summed E-state index contributed by atoms with van der Waals surface area (Å²) in [7, 11) is 0. The number of halogens is 1. The molecule has 0 bridgehead atoms. The summed E-state index contributed by atoms with van der Waals surface area (Å²) < 4.78 is 5.67. The monoisotopic (exact) mass is 303 g/mol. The van der Waals surface area contributed by atoms with Crippen LogP contribution in [-0.4, -0.2) is 6.61 Å². The number of hydrogen-bond acceptors (Lipinski definition) is 2. The lowest BCUT2D eigenvalue weighted by atomic mass is 10.0. The number of benzene rings is 2. The van der Waals surface area contributed by atoms with Gasteiger partial charge in [-0.25, -0.2) is 0 Å². The fourth-order valence-electron chi connectivity index (χ4n) is 2.24. The highest BCUT2D eigenvalue weighted by atomic mass is 35.5. The van der Waals surface area contributed by atoms with E-state index in [1.807, 2.05) is 36.4 Å². The van der Waals surface area contributed by atoms with E-state index >= 15 is 0 Å². The first-order valence-electron chi connectivity index (χ1n) is 7.47. The van der Waals surface area contributed by atoms with Crippen molar-refractivity contribution in [1.82, 2.24) is 0 Å². The van der Waals surface area contributed by atoms with Crippen molar-refractivity contribution in [3.8, 4) is 5.75 Å². The topological polar surface area (TPSA) is 21.3 Å². The second-order valence-corrected chi connectivity index (χ2v) is 5.47. The third-order valence-electron chi connectivity index (χ3n) is 3.31. The molecule has 2 rings (SSSR count). The van der Waals surface area contributed by atoms with Crippen LogP contribution in [0.2, 0.25) is 5.02 Å². The molecule has 2 nitrogen and oxygen atoms in total. The molecular weight excluding hydrogens is 282 g/mol. The van der Waals surface area contributed by atoms with Gasteiger partial charge in [0, 0.05) is 16.8 Å². The first kappa shape index (κ1) is 15.7. The third-order valence-corrected chi connectivity index (χ3v) is 3.54. The fourth-order valence-corrected chi connectivity index (χ4v) is 2.44. The maximum Gasteiger partial charge on any atom is 0.121 e. The van der Waals surface area contributed by atoms with E-state index in [0.29, 0.717) is 0 Å². The lowest BCUT2D eigenvalue weighted by molar-refractivity contribution is 0.317. The van der Waals surface area contributed by atoms with E-state index in [-0.39, 0.29) is 6.04 Å². The van der Waals surface area contributed by atoms with Crippen LogP contribution in [0.15, 0.2) is 48.5 Å². The predicted octanol–water partition coefficient (Wildman–Crippen LogP) is 5.69. The Hall–Kier alpha value is -1.67. The Morgan fingerprint density at radius 1 is 1.10 bits per heavy atom.